The number of aryl methyl sites for hydroxylation is 1. The molecule has 0 fully saturated rings. The third kappa shape index (κ3) is 5.16. The summed E-state index contributed by atoms with van der Waals surface area (Å²) in [6.07, 6.45) is 0. The number of nitrogens with one attached hydrogen (secondary N) is 2. The van der Waals surface area contributed by atoms with Crippen LogP contribution in [0.1, 0.15) is 15.9 Å². The molecule has 2 aromatic rings. The first kappa shape index (κ1) is 17.1. The second kappa shape index (κ2) is 7.85. The van der Waals surface area contributed by atoms with Crippen LogP contribution in [0, 0.1) is 6.92 Å². The molecule has 0 aliphatic heterocycles. The molecule has 2 N–H and O–H groups in total. The smallest absolute Gasteiger partial charge is 0.276 e. The number of benzene rings is 2. The van der Waals surface area contributed by atoms with E-state index in [4.69, 9.17) is 27.9 Å². The van der Waals surface area contributed by atoms with Crippen LogP contribution in [-0.4, -0.2) is 18.4 Å². The Balaban J connectivity index is 1.79. The molecule has 0 unspecified atom stereocenters. The molecule has 23 heavy (non-hydrogen) atoms. The zero-order chi connectivity index (χ0) is 16.8. The van der Waals surface area contributed by atoms with Crippen molar-refractivity contribution in [2.24, 2.45) is 0 Å². The van der Waals surface area contributed by atoms with Gasteiger partial charge < -0.3 is 4.74 Å². The van der Waals surface area contributed by atoms with Crippen LogP contribution >= 0.6 is 23.2 Å². The van der Waals surface area contributed by atoms with Gasteiger partial charge in [0.1, 0.15) is 5.75 Å². The number of rotatable bonds is 4. The summed E-state index contributed by atoms with van der Waals surface area (Å²) >= 11 is 11.6. The van der Waals surface area contributed by atoms with E-state index in [1.165, 1.54) is 0 Å². The highest BCUT2D eigenvalue weighted by Crippen LogP contribution is 2.20. The van der Waals surface area contributed by atoms with Crippen LogP contribution in [0.15, 0.2) is 42.5 Å². The van der Waals surface area contributed by atoms with Crippen molar-refractivity contribution in [3.05, 3.63) is 63.6 Å². The van der Waals surface area contributed by atoms with Gasteiger partial charge in [-0.1, -0.05) is 23.2 Å². The normalized spacial score (nSPS) is 10.0. The van der Waals surface area contributed by atoms with E-state index in [0.29, 0.717) is 21.4 Å². The Hall–Kier alpha value is -2.24. The van der Waals surface area contributed by atoms with Crippen LogP contribution in [0.2, 0.25) is 10.0 Å². The zero-order valence-electron chi connectivity index (χ0n) is 12.2. The quantitative estimate of drug-likeness (QED) is 0.830. The van der Waals surface area contributed by atoms with Gasteiger partial charge in [-0.05, 0) is 55.0 Å². The largest absolute Gasteiger partial charge is 0.484 e. The summed E-state index contributed by atoms with van der Waals surface area (Å²) in [4.78, 5) is 23.5. The zero-order valence-corrected chi connectivity index (χ0v) is 13.7. The third-order valence-corrected chi connectivity index (χ3v) is 3.60. The number of halogens is 2. The van der Waals surface area contributed by atoms with Gasteiger partial charge in [-0.15, -0.1) is 0 Å². The van der Waals surface area contributed by atoms with Crippen molar-refractivity contribution in [2.75, 3.05) is 6.61 Å². The van der Waals surface area contributed by atoms with E-state index in [0.717, 1.165) is 5.56 Å². The molecule has 2 rings (SSSR count). The summed E-state index contributed by atoms with van der Waals surface area (Å²) in [6, 6.07) is 11.4. The molecule has 0 heterocycles. The van der Waals surface area contributed by atoms with Gasteiger partial charge in [0.25, 0.3) is 11.8 Å². The monoisotopic (exact) mass is 352 g/mol. The minimum absolute atomic E-state index is 0.234. The lowest BCUT2D eigenvalue weighted by Crippen LogP contribution is -2.43. The standard InChI is InChI=1S/C16H14Cl2N2O3/c1-10-8-13(6-7-14(10)18)23-9-15(21)19-20-16(22)11-2-4-12(17)5-3-11/h2-8H,9H2,1H3,(H,19,21)(H,20,22). The molecule has 5 nitrogen and oxygen atoms in total. The van der Waals surface area contributed by atoms with E-state index in [-0.39, 0.29) is 6.61 Å². The molecule has 7 heteroatoms. The van der Waals surface area contributed by atoms with Crippen LogP contribution in [0.4, 0.5) is 0 Å². The van der Waals surface area contributed by atoms with E-state index < -0.39 is 11.8 Å². The van der Waals surface area contributed by atoms with Crippen molar-refractivity contribution in [3.8, 4) is 5.75 Å². The average molecular weight is 353 g/mol. The predicted molar refractivity (Wildman–Crippen MR) is 88.7 cm³/mol. The van der Waals surface area contributed by atoms with Crippen molar-refractivity contribution >= 4 is 35.0 Å². The molecular formula is C16H14Cl2N2O3. The first-order chi connectivity index (χ1) is 11.0. The molecule has 0 saturated heterocycles. The first-order valence-electron chi connectivity index (χ1n) is 6.69. The molecule has 0 radical (unpaired) electrons. The Bertz CT molecular complexity index is 718. The number of carbonyl (C=O) groups excluding carboxylic acids is 2. The Morgan fingerprint density at radius 2 is 1.74 bits per heavy atom. The molecule has 0 spiro atoms. The van der Waals surface area contributed by atoms with Crippen molar-refractivity contribution in [1.29, 1.82) is 0 Å². The van der Waals surface area contributed by atoms with E-state index in [9.17, 15) is 9.59 Å². The molecule has 0 aromatic heterocycles. The number of hydrazine groups is 1. The number of hydrogen-bond acceptors (Lipinski definition) is 3. The van der Waals surface area contributed by atoms with Crippen molar-refractivity contribution < 1.29 is 14.3 Å². The van der Waals surface area contributed by atoms with Crippen molar-refractivity contribution in [3.63, 3.8) is 0 Å². The molecule has 0 aliphatic carbocycles. The van der Waals surface area contributed by atoms with Gasteiger partial charge in [-0.25, -0.2) is 0 Å². The van der Waals surface area contributed by atoms with Gasteiger partial charge in [-0.3, -0.25) is 20.4 Å². The molecule has 0 bridgehead atoms. The Labute approximate surface area is 143 Å². The van der Waals surface area contributed by atoms with Crippen molar-refractivity contribution in [2.45, 2.75) is 6.92 Å². The van der Waals surface area contributed by atoms with Crippen LogP contribution in [0.25, 0.3) is 0 Å². The SMILES string of the molecule is Cc1cc(OCC(=O)NNC(=O)c2ccc(Cl)cc2)ccc1Cl. The Morgan fingerprint density at radius 1 is 1.04 bits per heavy atom. The van der Waals surface area contributed by atoms with Gasteiger partial charge in [0.2, 0.25) is 0 Å². The maximum absolute atomic E-state index is 11.8. The first-order valence-corrected chi connectivity index (χ1v) is 7.45. The summed E-state index contributed by atoms with van der Waals surface area (Å²) in [6.45, 7) is 1.60. The fourth-order valence-electron chi connectivity index (χ4n) is 1.69. The molecule has 120 valence electrons. The van der Waals surface area contributed by atoms with Crippen LogP contribution in [0.5, 0.6) is 5.75 Å². The number of ether oxygens (including phenoxy) is 1. The maximum Gasteiger partial charge on any atom is 0.276 e. The highest BCUT2D eigenvalue weighted by atomic mass is 35.5. The fourth-order valence-corrected chi connectivity index (χ4v) is 1.94. The third-order valence-electron chi connectivity index (χ3n) is 2.92. The Morgan fingerprint density at radius 3 is 2.39 bits per heavy atom. The van der Waals surface area contributed by atoms with Crippen molar-refractivity contribution in [1.82, 2.24) is 10.9 Å². The minimum Gasteiger partial charge on any atom is -0.484 e. The molecule has 2 aromatic carbocycles. The van der Waals surface area contributed by atoms with Gasteiger partial charge in [0, 0.05) is 15.6 Å². The number of amides is 2. The van der Waals surface area contributed by atoms with E-state index in [1.54, 1.807) is 42.5 Å². The predicted octanol–water partition coefficient (Wildman–Crippen LogP) is 3.14. The van der Waals surface area contributed by atoms with Gasteiger partial charge >= 0.3 is 0 Å². The van der Waals surface area contributed by atoms with E-state index in [2.05, 4.69) is 10.9 Å². The van der Waals surface area contributed by atoms with Crippen LogP contribution in [0.3, 0.4) is 0 Å². The maximum atomic E-state index is 11.8. The lowest BCUT2D eigenvalue weighted by Gasteiger charge is -2.09. The minimum atomic E-state index is -0.486. The van der Waals surface area contributed by atoms with Crippen LogP contribution < -0.4 is 15.6 Å². The second-order valence-electron chi connectivity index (χ2n) is 4.71. The molecular weight excluding hydrogens is 339 g/mol. The highest BCUT2D eigenvalue weighted by Gasteiger charge is 2.08. The number of hydrogen-bond donors (Lipinski definition) is 2. The highest BCUT2D eigenvalue weighted by molar-refractivity contribution is 6.31. The second-order valence-corrected chi connectivity index (χ2v) is 5.55. The fraction of sp³-hybridized carbons (Fsp3) is 0.125. The summed E-state index contributed by atoms with van der Waals surface area (Å²) in [5.74, 6) is -0.414. The summed E-state index contributed by atoms with van der Waals surface area (Å²) in [5.41, 5.74) is 5.79. The van der Waals surface area contributed by atoms with E-state index in [1.807, 2.05) is 6.92 Å². The molecule has 0 saturated carbocycles. The lowest BCUT2D eigenvalue weighted by molar-refractivity contribution is -0.123. The molecule has 0 atom stereocenters. The lowest BCUT2D eigenvalue weighted by atomic mass is 10.2. The van der Waals surface area contributed by atoms with Gasteiger partial charge in [-0.2, -0.15) is 0 Å². The average Bonchev–Trinajstić information content (AvgIpc) is 2.54. The van der Waals surface area contributed by atoms with Gasteiger partial charge in [0.15, 0.2) is 6.61 Å². The number of carbonyl (C=O) groups is 2. The Kier molecular flexibility index (Phi) is 5.84. The summed E-state index contributed by atoms with van der Waals surface area (Å²) in [5, 5.41) is 1.15. The molecule has 0 aliphatic rings. The molecule has 2 amide bonds. The summed E-state index contributed by atoms with van der Waals surface area (Å²) in [7, 11) is 0. The topological polar surface area (TPSA) is 67.4 Å². The summed E-state index contributed by atoms with van der Waals surface area (Å²) < 4.78 is 5.32. The van der Waals surface area contributed by atoms with Crippen LogP contribution in [-0.2, 0) is 4.79 Å². The van der Waals surface area contributed by atoms with Gasteiger partial charge in [0.05, 0.1) is 0 Å². The van der Waals surface area contributed by atoms with E-state index >= 15 is 0 Å².